The zero-order valence-electron chi connectivity index (χ0n) is 14.3. The minimum absolute atomic E-state index is 0.429. The van der Waals surface area contributed by atoms with Gasteiger partial charge in [0, 0.05) is 35.1 Å². The van der Waals surface area contributed by atoms with Crippen LogP contribution in [0.15, 0.2) is 65.7 Å². The van der Waals surface area contributed by atoms with Crippen molar-refractivity contribution in [2.75, 3.05) is 5.32 Å². The van der Waals surface area contributed by atoms with Gasteiger partial charge in [-0.15, -0.1) is 0 Å². The van der Waals surface area contributed by atoms with Gasteiger partial charge in [-0.2, -0.15) is 9.78 Å². The Balaban J connectivity index is 1.66. The van der Waals surface area contributed by atoms with Crippen LogP contribution in [0.2, 0.25) is 0 Å². The van der Waals surface area contributed by atoms with E-state index in [2.05, 4.69) is 25.4 Å². The monoisotopic (exact) mass is 372 g/mol. The Morgan fingerprint density at radius 2 is 1.96 bits per heavy atom. The fourth-order valence-electron chi connectivity index (χ4n) is 3.04. The molecule has 0 fully saturated rings. The molecular formula is C19H12N6O3. The van der Waals surface area contributed by atoms with Gasteiger partial charge in [0.1, 0.15) is 0 Å². The number of nitrogens with one attached hydrogen (secondary N) is 1. The molecule has 136 valence electrons. The third-order valence-corrected chi connectivity index (χ3v) is 4.28. The van der Waals surface area contributed by atoms with Crippen LogP contribution in [0, 0.1) is 0 Å². The number of benzene rings is 1. The van der Waals surface area contributed by atoms with Gasteiger partial charge < -0.3 is 14.8 Å². The molecule has 0 unspecified atom stereocenters. The number of carboxylic acid groups (broad SMARTS) is 1. The largest absolute Gasteiger partial charge is 0.463 e. The highest BCUT2D eigenvalue weighted by atomic mass is 16.4. The maximum Gasteiger partial charge on any atom is 0.432 e. The van der Waals surface area contributed by atoms with Crippen molar-refractivity contribution in [3.05, 3.63) is 61.3 Å². The molecule has 28 heavy (non-hydrogen) atoms. The number of anilines is 2. The number of furan rings is 1. The summed E-state index contributed by atoms with van der Waals surface area (Å²) in [5, 5.41) is 18.0. The first kappa shape index (κ1) is 15.9. The van der Waals surface area contributed by atoms with Crippen molar-refractivity contribution < 1.29 is 14.3 Å². The Kier molecular flexibility index (Phi) is 3.51. The fraction of sp³-hybridized carbons (Fsp3) is 0. The predicted octanol–water partition coefficient (Wildman–Crippen LogP) is 3.90. The zero-order valence-corrected chi connectivity index (χ0v) is 14.3. The summed E-state index contributed by atoms with van der Waals surface area (Å²) in [6.45, 7) is 0. The Morgan fingerprint density at radius 1 is 1.11 bits per heavy atom. The summed E-state index contributed by atoms with van der Waals surface area (Å²) in [4.78, 5) is 24.0. The molecule has 0 bridgehead atoms. The number of rotatable bonds is 3. The molecule has 1 aromatic carbocycles. The van der Waals surface area contributed by atoms with Crippen LogP contribution >= 0.6 is 0 Å². The van der Waals surface area contributed by atoms with E-state index < -0.39 is 6.09 Å². The molecule has 0 saturated heterocycles. The number of carbonyl (C=O) groups is 1. The minimum atomic E-state index is -1.15. The standard InChI is InChI=1S/C19H12N6O3/c26-19(27)25-14-8-12(3-2-11(14)9-23-25)24-16-13-4-7-20-10-15(13)28-17(16)18-21-5-1-6-22-18/h1-10,24H,(H,26,27). The van der Waals surface area contributed by atoms with E-state index >= 15 is 0 Å². The van der Waals surface area contributed by atoms with Crippen LogP contribution in [0.4, 0.5) is 16.2 Å². The SMILES string of the molecule is O=C(O)n1ncc2ccc(Nc3c(-c4ncccn4)oc4cnccc34)cc21. The van der Waals surface area contributed by atoms with Gasteiger partial charge in [-0.25, -0.2) is 14.8 Å². The Hall–Kier alpha value is -4.27. The van der Waals surface area contributed by atoms with Gasteiger partial charge >= 0.3 is 6.09 Å². The summed E-state index contributed by atoms with van der Waals surface area (Å²) >= 11 is 0. The third kappa shape index (κ3) is 2.53. The number of hydrogen-bond acceptors (Lipinski definition) is 7. The molecule has 5 rings (SSSR count). The molecule has 4 aromatic heterocycles. The minimum Gasteiger partial charge on any atom is -0.463 e. The van der Waals surface area contributed by atoms with E-state index in [1.807, 2.05) is 12.1 Å². The molecule has 2 N–H and O–H groups in total. The maximum absolute atomic E-state index is 11.4. The lowest BCUT2D eigenvalue weighted by Gasteiger charge is -2.07. The van der Waals surface area contributed by atoms with Gasteiger partial charge in [0.05, 0.1) is 23.6 Å². The van der Waals surface area contributed by atoms with Gasteiger partial charge in [0.2, 0.25) is 0 Å². The van der Waals surface area contributed by atoms with Crippen molar-refractivity contribution in [1.29, 1.82) is 0 Å². The third-order valence-electron chi connectivity index (χ3n) is 4.28. The van der Waals surface area contributed by atoms with Gasteiger partial charge in [-0.05, 0) is 30.3 Å². The second kappa shape index (κ2) is 6.16. The van der Waals surface area contributed by atoms with Gasteiger partial charge in [0.15, 0.2) is 17.2 Å². The molecular weight excluding hydrogens is 360 g/mol. The molecule has 0 atom stereocenters. The van der Waals surface area contributed by atoms with Crippen LogP contribution in [0.3, 0.4) is 0 Å². The summed E-state index contributed by atoms with van der Waals surface area (Å²) in [7, 11) is 0. The number of hydrogen-bond donors (Lipinski definition) is 2. The highest BCUT2D eigenvalue weighted by Crippen LogP contribution is 2.38. The van der Waals surface area contributed by atoms with Crippen LogP contribution < -0.4 is 5.32 Å². The van der Waals surface area contributed by atoms with E-state index in [1.165, 1.54) is 6.20 Å². The zero-order chi connectivity index (χ0) is 19.1. The van der Waals surface area contributed by atoms with Crippen molar-refractivity contribution in [3.8, 4) is 11.6 Å². The second-order valence-corrected chi connectivity index (χ2v) is 5.99. The van der Waals surface area contributed by atoms with E-state index in [0.717, 1.165) is 15.5 Å². The molecule has 0 spiro atoms. The second-order valence-electron chi connectivity index (χ2n) is 5.99. The lowest BCUT2D eigenvalue weighted by molar-refractivity contribution is 0.194. The number of nitrogens with zero attached hydrogens (tertiary/aromatic N) is 5. The number of aromatic nitrogens is 5. The summed E-state index contributed by atoms with van der Waals surface area (Å²) < 4.78 is 6.86. The van der Waals surface area contributed by atoms with Gasteiger partial charge in [0.25, 0.3) is 0 Å². The molecule has 5 aromatic rings. The average Bonchev–Trinajstić information content (AvgIpc) is 3.30. The molecule has 9 nitrogen and oxygen atoms in total. The fourth-order valence-corrected chi connectivity index (χ4v) is 3.04. The first-order chi connectivity index (χ1) is 13.7. The molecule has 0 aliphatic rings. The van der Waals surface area contributed by atoms with Crippen LogP contribution in [0.1, 0.15) is 0 Å². The summed E-state index contributed by atoms with van der Waals surface area (Å²) in [6, 6.07) is 8.90. The summed E-state index contributed by atoms with van der Waals surface area (Å²) in [6.07, 6.45) is 6.92. The van der Waals surface area contributed by atoms with Gasteiger partial charge in [-0.3, -0.25) is 4.98 Å². The van der Waals surface area contributed by atoms with Crippen molar-refractivity contribution in [2.24, 2.45) is 0 Å². The van der Waals surface area contributed by atoms with Crippen molar-refractivity contribution in [3.63, 3.8) is 0 Å². The Morgan fingerprint density at radius 3 is 2.79 bits per heavy atom. The van der Waals surface area contributed by atoms with Crippen molar-refractivity contribution in [2.45, 2.75) is 0 Å². The van der Waals surface area contributed by atoms with Crippen molar-refractivity contribution in [1.82, 2.24) is 24.7 Å². The quantitative estimate of drug-likeness (QED) is 0.489. The molecule has 9 heteroatoms. The highest BCUT2D eigenvalue weighted by molar-refractivity contribution is 6.00. The van der Waals surface area contributed by atoms with E-state index in [4.69, 9.17) is 4.42 Å². The molecule has 0 radical (unpaired) electrons. The first-order valence-electron chi connectivity index (χ1n) is 8.33. The van der Waals surface area contributed by atoms with E-state index in [1.54, 1.807) is 43.0 Å². The van der Waals surface area contributed by atoms with Crippen LogP contribution in [0.25, 0.3) is 33.5 Å². The van der Waals surface area contributed by atoms with E-state index in [-0.39, 0.29) is 0 Å². The lowest BCUT2D eigenvalue weighted by atomic mass is 10.2. The first-order valence-corrected chi connectivity index (χ1v) is 8.33. The number of fused-ring (bicyclic) bond motifs is 2. The van der Waals surface area contributed by atoms with Crippen molar-refractivity contribution >= 4 is 39.3 Å². The average molecular weight is 372 g/mol. The normalized spacial score (nSPS) is 11.1. The number of pyridine rings is 1. The smallest absolute Gasteiger partial charge is 0.432 e. The molecule has 0 saturated carbocycles. The van der Waals surface area contributed by atoms with E-state index in [9.17, 15) is 9.90 Å². The molecule has 4 heterocycles. The topological polar surface area (TPSA) is 119 Å². The summed E-state index contributed by atoms with van der Waals surface area (Å²) in [5.74, 6) is 0.897. The molecule has 0 amide bonds. The highest BCUT2D eigenvalue weighted by Gasteiger charge is 2.19. The summed E-state index contributed by atoms with van der Waals surface area (Å²) in [5.41, 5.74) is 2.41. The predicted molar refractivity (Wildman–Crippen MR) is 101 cm³/mol. The van der Waals surface area contributed by atoms with Crippen LogP contribution in [0.5, 0.6) is 0 Å². The van der Waals surface area contributed by atoms with Gasteiger partial charge in [-0.1, -0.05) is 0 Å². The van der Waals surface area contributed by atoms with E-state index in [0.29, 0.717) is 34.1 Å². The molecule has 0 aliphatic heterocycles. The van der Waals surface area contributed by atoms with Crippen LogP contribution in [-0.2, 0) is 0 Å². The lowest BCUT2D eigenvalue weighted by Crippen LogP contribution is -2.09. The molecule has 0 aliphatic carbocycles. The maximum atomic E-state index is 11.4. The Bertz CT molecular complexity index is 1330. The Labute approximate surface area is 157 Å². The van der Waals surface area contributed by atoms with Crippen LogP contribution in [-0.4, -0.2) is 35.9 Å².